The van der Waals surface area contributed by atoms with Gasteiger partial charge in [-0.25, -0.2) is 15.0 Å². The number of piperidine rings is 1. The number of hydrogen-bond donors (Lipinski definition) is 1. The van der Waals surface area contributed by atoms with Gasteiger partial charge in [0.15, 0.2) is 0 Å². The molecule has 3 aromatic heterocycles. The van der Waals surface area contributed by atoms with Crippen LogP contribution in [0.3, 0.4) is 0 Å². The second-order valence-corrected chi connectivity index (χ2v) is 12.8. The summed E-state index contributed by atoms with van der Waals surface area (Å²) in [6, 6.07) is 12.9. The van der Waals surface area contributed by atoms with Crippen LogP contribution in [0.1, 0.15) is 49.2 Å². The number of amides is 1. The average molecular weight is 569 g/mol. The zero-order valence-electron chi connectivity index (χ0n) is 23.9. The van der Waals surface area contributed by atoms with E-state index in [2.05, 4.69) is 33.9 Å². The van der Waals surface area contributed by atoms with E-state index in [0.29, 0.717) is 23.8 Å². The van der Waals surface area contributed by atoms with Gasteiger partial charge in [0.1, 0.15) is 16.6 Å². The van der Waals surface area contributed by atoms with Crippen LogP contribution >= 0.6 is 11.3 Å². The Morgan fingerprint density at radius 2 is 1.98 bits per heavy atom. The van der Waals surface area contributed by atoms with Crippen molar-refractivity contribution in [1.29, 1.82) is 0 Å². The Bertz CT molecular complexity index is 1600. The monoisotopic (exact) mass is 568 g/mol. The molecule has 1 amide bonds. The van der Waals surface area contributed by atoms with Crippen LogP contribution in [0, 0.1) is 12.8 Å². The van der Waals surface area contributed by atoms with E-state index in [4.69, 9.17) is 15.0 Å². The maximum absolute atomic E-state index is 13.2. The fraction of sp³-hybridized carbons (Fsp3) is 0.452. The third-order valence-electron chi connectivity index (χ3n) is 8.69. The Kier molecular flexibility index (Phi) is 6.83. The molecule has 9 nitrogen and oxygen atoms in total. The molecule has 7 rings (SSSR count). The van der Waals surface area contributed by atoms with Crippen LogP contribution in [-0.4, -0.2) is 80.5 Å². The summed E-state index contributed by atoms with van der Waals surface area (Å²) in [5.74, 6) is 2.89. The minimum absolute atomic E-state index is 0.108. The van der Waals surface area contributed by atoms with Gasteiger partial charge in [-0.1, -0.05) is 26.0 Å². The van der Waals surface area contributed by atoms with Gasteiger partial charge in [-0.3, -0.25) is 9.69 Å². The van der Waals surface area contributed by atoms with Crippen LogP contribution in [0.2, 0.25) is 0 Å². The van der Waals surface area contributed by atoms with Crippen molar-refractivity contribution in [3.63, 3.8) is 0 Å². The van der Waals surface area contributed by atoms with Gasteiger partial charge in [0, 0.05) is 73.4 Å². The number of pyridine rings is 1. The largest absolute Gasteiger partial charge is 0.338 e. The van der Waals surface area contributed by atoms with Gasteiger partial charge in [0.05, 0.1) is 10.2 Å². The van der Waals surface area contributed by atoms with E-state index in [9.17, 15) is 4.79 Å². The number of likely N-dealkylation sites (N-methyl/N-ethyl adjacent to an activating group) is 1. The van der Waals surface area contributed by atoms with E-state index in [0.717, 1.165) is 83.0 Å². The molecule has 3 aliphatic rings. The van der Waals surface area contributed by atoms with Crippen molar-refractivity contribution >= 4 is 45.0 Å². The maximum atomic E-state index is 13.2. The van der Waals surface area contributed by atoms with E-state index < -0.39 is 0 Å². The van der Waals surface area contributed by atoms with Crippen LogP contribution in [0.4, 0.5) is 17.6 Å². The first-order chi connectivity index (χ1) is 19.9. The molecule has 0 saturated carbocycles. The first-order valence-electron chi connectivity index (χ1n) is 14.7. The molecule has 3 fully saturated rings. The SMILES string of the molecule is CCN1C[C@@H]2C[C@H]1CN2c1nc(C)cc(Nc2cc3nc(-c4cccc(C(=O)N5CCC[C@H](C)C5)c4)sc3cn2)n1. The number of benzene rings is 1. The van der Waals surface area contributed by atoms with Crippen molar-refractivity contribution < 1.29 is 4.79 Å². The Labute approximate surface area is 244 Å². The number of nitrogens with zero attached hydrogens (tertiary/aromatic N) is 7. The van der Waals surface area contributed by atoms with Gasteiger partial charge in [-0.2, -0.15) is 4.98 Å². The number of piperazine rings is 1. The molecule has 0 unspecified atom stereocenters. The topological polar surface area (TPSA) is 90.4 Å². The highest BCUT2D eigenvalue weighted by molar-refractivity contribution is 7.21. The van der Waals surface area contributed by atoms with Crippen LogP contribution in [-0.2, 0) is 0 Å². The summed E-state index contributed by atoms with van der Waals surface area (Å²) < 4.78 is 1.00. The van der Waals surface area contributed by atoms with Gasteiger partial charge < -0.3 is 15.1 Å². The van der Waals surface area contributed by atoms with Crippen LogP contribution in [0.15, 0.2) is 42.6 Å². The van der Waals surface area contributed by atoms with E-state index >= 15 is 0 Å². The zero-order valence-corrected chi connectivity index (χ0v) is 24.7. The Morgan fingerprint density at radius 3 is 2.78 bits per heavy atom. The highest BCUT2D eigenvalue weighted by atomic mass is 32.1. The molecule has 0 aliphatic carbocycles. The molecular weight excluding hydrogens is 532 g/mol. The lowest BCUT2D eigenvalue weighted by molar-refractivity contribution is 0.0683. The van der Waals surface area contributed by atoms with Crippen LogP contribution in [0.25, 0.3) is 20.8 Å². The zero-order chi connectivity index (χ0) is 28.1. The minimum Gasteiger partial charge on any atom is -0.338 e. The number of carbonyl (C=O) groups is 1. The van der Waals surface area contributed by atoms with Crippen molar-refractivity contribution in [1.82, 2.24) is 29.7 Å². The number of carbonyl (C=O) groups excluding carboxylic acids is 1. The molecule has 1 aromatic carbocycles. The summed E-state index contributed by atoms with van der Waals surface area (Å²) in [6.07, 6.45) is 5.31. The second kappa shape index (κ2) is 10.6. The number of anilines is 3. The summed E-state index contributed by atoms with van der Waals surface area (Å²) >= 11 is 1.59. The molecule has 41 heavy (non-hydrogen) atoms. The Morgan fingerprint density at radius 1 is 1.07 bits per heavy atom. The molecule has 2 bridgehead atoms. The molecule has 10 heteroatoms. The molecule has 0 spiro atoms. The first kappa shape index (κ1) is 26.3. The van der Waals surface area contributed by atoms with Crippen molar-refractivity contribution in [3.8, 4) is 10.6 Å². The highest BCUT2D eigenvalue weighted by Crippen LogP contribution is 2.34. The van der Waals surface area contributed by atoms with Gasteiger partial charge in [-0.15, -0.1) is 11.3 Å². The lowest BCUT2D eigenvalue weighted by Crippen LogP contribution is -2.46. The van der Waals surface area contributed by atoms with E-state index in [-0.39, 0.29) is 5.91 Å². The summed E-state index contributed by atoms with van der Waals surface area (Å²) in [5.41, 5.74) is 3.47. The number of fused-ring (bicyclic) bond motifs is 3. The molecule has 3 atom stereocenters. The third kappa shape index (κ3) is 5.15. The predicted octanol–water partition coefficient (Wildman–Crippen LogP) is 5.36. The van der Waals surface area contributed by atoms with Gasteiger partial charge >= 0.3 is 0 Å². The fourth-order valence-electron chi connectivity index (χ4n) is 6.63. The van der Waals surface area contributed by atoms with Gasteiger partial charge in [0.2, 0.25) is 5.95 Å². The van der Waals surface area contributed by atoms with Gasteiger partial charge in [-0.05, 0) is 50.8 Å². The predicted molar refractivity (Wildman–Crippen MR) is 164 cm³/mol. The molecule has 6 heterocycles. The van der Waals surface area contributed by atoms with Crippen molar-refractivity contribution in [2.75, 3.05) is 42.9 Å². The lowest BCUT2D eigenvalue weighted by Gasteiger charge is -2.33. The molecular formula is C31H36N8OS. The maximum Gasteiger partial charge on any atom is 0.253 e. The third-order valence-corrected chi connectivity index (χ3v) is 9.75. The molecule has 0 radical (unpaired) electrons. The number of hydrogen-bond acceptors (Lipinski definition) is 9. The number of aromatic nitrogens is 4. The number of rotatable bonds is 6. The number of likely N-dealkylation sites (tertiary alicyclic amines) is 2. The number of aryl methyl sites for hydroxylation is 1. The second-order valence-electron chi connectivity index (χ2n) is 11.7. The van der Waals surface area contributed by atoms with Crippen LogP contribution in [0.5, 0.6) is 0 Å². The molecule has 3 saturated heterocycles. The summed E-state index contributed by atoms with van der Waals surface area (Å²) in [7, 11) is 0. The van der Waals surface area contributed by atoms with Gasteiger partial charge in [0.25, 0.3) is 5.91 Å². The summed E-state index contributed by atoms with van der Waals surface area (Å²) in [6.45, 7) is 11.3. The average Bonchev–Trinajstić information content (AvgIpc) is 3.71. The van der Waals surface area contributed by atoms with E-state index in [1.54, 1.807) is 11.3 Å². The Balaban J connectivity index is 1.10. The summed E-state index contributed by atoms with van der Waals surface area (Å²) in [5, 5.41) is 4.27. The number of nitrogens with one attached hydrogen (secondary N) is 1. The molecule has 4 aromatic rings. The van der Waals surface area contributed by atoms with E-state index in [1.165, 1.54) is 12.8 Å². The van der Waals surface area contributed by atoms with Crippen molar-refractivity contribution in [2.24, 2.45) is 5.92 Å². The Hall–Kier alpha value is -3.63. The molecule has 3 aliphatic heterocycles. The number of thiazole rings is 1. The van der Waals surface area contributed by atoms with E-state index in [1.807, 2.05) is 54.4 Å². The summed E-state index contributed by atoms with van der Waals surface area (Å²) in [4.78, 5) is 39.3. The lowest BCUT2D eigenvalue weighted by atomic mass is 9.99. The standard InChI is InChI=1S/C31H36N8OS/c1-4-37-17-24-13-23(37)18-39(24)31-33-20(3)11-28(36-31)35-27-14-25-26(15-32-27)41-29(34-25)21-8-5-9-22(12-21)30(40)38-10-6-7-19(2)16-38/h5,8-9,11-12,14-15,19,23-24H,4,6-7,10,13,16-18H2,1-3H3,(H,32,33,35,36)/t19-,23-,24-/m0/s1. The fourth-order valence-corrected chi connectivity index (χ4v) is 7.54. The normalized spacial score (nSPS) is 22.6. The highest BCUT2D eigenvalue weighted by Gasteiger charge is 2.43. The molecule has 212 valence electrons. The smallest absolute Gasteiger partial charge is 0.253 e. The minimum atomic E-state index is 0.108. The van der Waals surface area contributed by atoms with Crippen molar-refractivity contribution in [2.45, 2.75) is 52.1 Å². The van der Waals surface area contributed by atoms with Crippen molar-refractivity contribution in [3.05, 3.63) is 53.9 Å². The molecule has 1 N–H and O–H groups in total. The van der Waals surface area contributed by atoms with Crippen LogP contribution < -0.4 is 10.2 Å². The quantitative estimate of drug-likeness (QED) is 0.333. The first-order valence-corrected chi connectivity index (χ1v) is 15.5.